The van der Waals surface area contributed by atoms with Crippen LogP contribution >= 0.6 is 12.2 Å². The predicted molar refractivity (Wildman–Crippen MR) is 66.0 cm³/mol. The van der Waals surface area contributed by atoms with Gasteiger partial charge in [-0.25, -0.2) is 0 Å². The first kappa shape index (κ1) is 11.8. The highest BCUT2D eigenvalue weighted by Crippen LogP contribution is 2.25. The summed E-state index contributed by atoms with van der Waals surface area (Å²) in [5.41, 5.74) is 1.85. The number of aromatic nitrogens is 3. The van der Waals surface area contributed by atoms with Crippen molar-refractivity contribution in [1.82, 2.24) is 14.8 Å². The Morgan fingerprint density at radius 2 is 2.29 bits per heavy atom. The molecular weight excluding hydrogens is 238 g/mol. The van der Waals surface area contributed by atoms with Crippen molar-refractivity contribution in [2.75, 3.05) is 7.11 Å². The van der Waals surface area contributed by atoms with Crippen LogP contribution in [0.4, 0.5) is 0 Å². The normalized spacial score (nSPS) is 10.5. The fourth-order valence-electron chi connectivity index (χ4n) is 1.66. The van der Waals surface area contributed by atoms with Gasteiger partial charge in [0.25, 0.3) is 0 Å². The highest BCUT2D eigenvalue weighted by atomic mass is 32.1. The van der Waals surface area contributed by atoms with Gasteiger partial charge in [0.1, 0.15) is 12.4 Å². The second-order valence-electron chi connectivity index (χ2n) is 3.61. The molecule has 1 aromatic carbocycles. The fourth-order valence-corrected chi connectivity index (χ4v) is 1.91. The van der Waals surface area contributed by atoms with E-state index < -0.39 is 0 Å². The number of aliphatic hydroxyl groups excluding tert-OH is 1. The van der Waals surface area contributed by atoms with Crippen molar-refractivity contribution in [3.63, 3.8) is 0 Å². The van der Waals surface area contributed by atoms with Crippen LogP contribution in [0.5, 0.6) is 5.75 Å². The van der Waals surface area contributed by atoms with Crippen LogP contribution in [-0.2, 0) is 6.61 Å². The zero-order valence-corrected chi connectivity index (χ0v) is 10.4. The number of aryl methyl sites for hydroxylation is 1. The molecule has 0 spiro atoms. The third-order valence-corrected chi connectivity index (χ3v) is 2.73. The van der Waals surface area contributed by atoms with Crippen LogP contribution in [0, 0.1) is 11.7 Å². The third kappa shape index (κ3) is 2.09. The minimum Gasteiger partial charge on any atom is -0.495 e. The zero-order chi connectivity index (χ0) is 12.4. The van der Waals surface area contributed by atoms with Crippen LogP contribution in [0.3, 0.4) is 0 Å². The van der Waals surface area contributed by atoms with E-state index in [9.17, 15) is 5.11 Å². The van der Waals surface area contributed by atoms with Gasteiger partial charge in [-0.2, -0.15) is 5.10 Å². The van der Waals surface area contributed by atoms with Gasteiger partial charge in [-0.3, -0.25) is 9.67 Å². The first-order chi connectivity index (χ1) is 8.17. The Kier molecular flexibility index (Phi) is 3.26. The zero-order valence-electron chi connectivity index (χ0n) is 9.60. The van der Waals surface area contributed by atoms with Crippen molar-refractivity contribution < 1.29 is 9.84 Å². The quantitative estimate of drug-likeness (QED) is 0.816. The van der Waals surface area contributed by atoms with Crippen LogP contribution in [0.2, 0.25) is 0 Å². The summed E-state index contributed by atoms with van der Waals surface area (Å²) in [6.07, 6.45) is 0. The number of nitrogens with one attached hydrogen (secondary N) is 1. The molecule has 1 aromatic heterocycles. The average molecular weight is 251 g/mol. The number of hydrogen-bond acceptors (Lipinski definition) is 4. The molecule has 0 amide bonds. The molecule has 0 bridgehead atoms. The lowest BCUT2D eigenvalue weighted by Crippen LogP contribution is -2.04. The Morgan fingerprint density at radius 1 is 1.53 bits per heavy atom. The molecule has 0 radical (unpaired) electrons. The molecule has 17 heavy (non-hydrogen) atoms. The Morgan fingerprint density at radius 3 is 2.94 bits per heavy atom. The van der Waals surface area contributed by atoms with E-state index in [0.717, 1.165) is 11.3 Å². The second-order valence-corrected chi connectivity index (χ2v) is 4.00. The Bertz CT molecular complexity index is 589. The number of methoxy groups -OCH3 is 1. The number of aromatic amines is 1. The first-order valence-corrected chi connectivity index (χ1v) is 5.50. The van der Waals surface area contributed by atoms with Gasteiger partial charge in [0.05, 0.1) is 12.8 Å². The van der Waals surface area contributed by atoms with Gasteiger partial charge in [0.15, 0.2) is 10.6 Å². The van der Waals surface area contributed by atoms with Gasteiger partial charge in [0, 0.05) is 0 Å². The molecule has 0 fully saturated rings. The second kappa shape index (κ2) is 4.68. The highest BCUT2D eigenvalue weighted by molar-refractivity contribution is 7.71. The van der Waals surface area contributed by atoms with Gasteiger partial charge in [-0.05, 0) is 36.8 Å². The highest BCUT2D eigenvalue weighted by Gasteiger charge is 2.12. The molecule has 0 saturated carbocycles. The predicted octanol–water partition coefficient (Wildman–Crippen LogP) is 1.74. The molecule has 0 atom stereocenters. The summed E-state index contributed by atoms with van der Waals surface area (Å²) >= 11 is 5.15. The Balaban J connectivity index is 2.70. The van der Waals surface area contributed by atoms with Crippen LogP contribution in [0.25, 0.3) is 5.69 Å². The van der Waals surface area contributed by atoms with Crippen LogP contribution in [-0.4, -0.2) is 27.0 Å². The van der Waals surface area contributed by atoms with Crippen LogP contribution in [0.1, 0.15) is 11.4 Å². The van der Waals surface area contributed by atoms with Crippen molar-refractivity contribution >= 4 is 12.2 Å². The fraction of sp³-hybridized carbons (Fsp3) is 0.273. The maximum absolute atomic E-state index is 9.24. The maximum Gasteiger partial charge on any atom is 0.200 e. The summed E-state index contributed by atoms with van der Waals surface area (Å²) in [6, 6.07) is 5.74. The molecular formula is C11H13N3O2S. The molecule has 0 aliphatic heterocycles. The summed E-state index contributed by atoms with van der Waals surface area (Å²) < 4.78 is 7.38. The summed E-state index contributed by atoms with van der Waals surface area (Å²) in [5, 5.41) is 15.8. The largest absolute Gasteiger partial charge is 0.495 e. The minimum absolute atomic E-state index is 0.190. The molecule has 1 heterocycles. The van der Waals surface area contributed by atoms with Gasteiger partial charge in [-0.1, -0.05) is 6.07 Å². The third-order valence-electron chi connectivity index (χ3n) is 2.46. The number of H-pyrrole nitrogens is 1. The molecule has 90 valence electrons. The monoisotopic (exact) mass is 251 g/mol. The van der Waals surface area contributed by atoms with Crippen molar-refractivity contribution in [3.05, 3.63) is 34.4 Å². The van der Waals surface area contributed by atoms with Crippen molar-refractivity contribution in [2.24, 2.45) is 0 Å². The molecule has 2 aromatic rings. The van der Waals surface area contributed by atoms with E-state index in [1.807, 2.05) is 25.1 Å². The number of rotatable bonds is 3. The van der Waals surface area contributed by atoms with Gasteiger partial charge in [-0.15, -0.1) is 0 Å². The first-order valence-electron chi connectivity index (χ1n) is 5.09. The molecule has 2 N–H and O–H groups in total. The van der Waals surface area contributed by atoms with E-state index in [4.69, 9.17) is 17.0 Å². The number of ether oxygens (including phenoxy) is 1. The van der Waals surface area contributed by atoms with Gasteiger partial charge in [0.2, 0.25) is 0 Å². The van der Waals surface area contributed by atoms with E-state index in [-0.39, 0.29) is 6.61 Å². The maximum atomic E-state index is 9.24. The topological polar surface area (TPSA) is 63.1 Å². The molecule has 2 rings (SSSR count). The smallest absolute Gasteiger partial charge is 0.200 e. The van der Waals surface area contributed by atoms with E-state index in [1.54, 1.807) is 11.7 Å². The molecule has 5 nitrogen and oxygen atoms in total. The lowest BCUT2D eigenvalue weighted by atomic mass is 10.2. The van der Waals surface area contributed by atoms with Gasteiger partial charge < -0.3 is 9.84 Å². The minimum atomic E-state index is -0.190. The molecule has 6 heteroatoms. The molecule has 0 saturated heterocycles. The number of benzene rings is 1. The van der Waals surface area contributed by atoms with Crippen molar-refractivity contribution in [3.8, 4) is 11.4 Å². The van der Waals surface area contributed by atoms with E-state index in [2.05, 4.69) is 10.2 Å². The lowest BCUT2D eigenvalue weighted by molar-refractivity contribution is 0.268. The summed E-state index contributed by atoms with van der Waals surface area (Å²) in [7, 11) is 1.59. The van der Waals surface area contributed by atoms with Crippen LogP contribution in [0.15, 0.2) is 18.2 Å². The van der Waals surface area contributed by atoms with E-state index in [0.29, 0.717) is 16.3 Å². The number of aliphatic hydroxyl groups is 1. The molecule has 0 unspecified atom stereocenters. The summed E-state index contributed by atoms with van der Waals surface area (Å²) in [4.78, 5) is 0. The van der Waals surface area contributed by atoms with Crippen molar-refractivity contribution in [2.45, 2.75) is 13.5 Å². The summed E-state index contributed by atoms with van der Waals surface area (Å²) in [6.45, 7) is 1.79. The Hall–Kier alpha value is -1.66. The Labute approximate surface area is 104 Å². The SMILES string of the molecule is COc1ccc(C)cc1-n1c(CO)n[nH]c1=S. The lowest BCUT2D eigenvalue weighted by Gasteiger charge is -2.11. The number of hydrogen-bond donors (Lipinski definition) is 2. The summed E-state index contributed by atoms with van der Waals surface area (Å²) in [5.74, 6) is 1.14. The average Bonchev–Trinajstić information content (AvgIpc) is 2.70. The molecule has 0 aliphatic carbocycles. The van der Waals surface area contributed by atoms with E-state index >= 15 is 0 Å². The van der Waals surface area contributed by atoms with Gasteiger partial charge >= 0.3 is 0 Å². The van der Waals surface area contributed by atoms with Crippen LogP contribution < -0.4 is 4.74 Å². The standard InChI is InChI=1S/C11H13N3O2S/c1-7-3-4-9(16-2)8(5-7)14-10(6-15)12-13-11(14)17/h3-5,15H,6H2,1-2H3,(H,13,17). The number of nitrogens with zero attached hydrogens (tertiary/aromatic N) is 2. The van der Waals surface area contributed by atoms with E-state index in [1.165, 1.54) is 0 Å². The molecule has 0 aliphatic rings. The van der Waals surface area contributed by atoms with Crippen molar-refractivity contribution in [1.29, 1.82) is 0 Å².